The summed E-state index contributed by atoms with van der Waals surface area (Å²) in [5.74, 6) is 0. The summed E-state index contributed by atoms with van der Waals surface area (Å²) in [6.07, 6.45) is 1.55. The van der Waals surface area contributed by atoms with Gasteiger partial charge in [0, 0.05) is 4.90 Å². The van der Waals surface area contributed by atoms with Gasteiger partial charge < -0.3 is 0 Å². The number of rotatable bonds is 5. The van der Waals surface area contributed by atoms with Gasteiger partial charge in [0.25, 0.3) is 10.0 Å². The molecule has 0 bridgehead atoms. The summed E-state index contributed by atoms with van der Waals surface area (Å²) in [6.45, 7) is 1.96. The van der Waals surface area contributed by atoms with Crippen molar-refractivity contribution in [2.75, 3.05) is 4.31 Å². The molecule has 1 aliphatic heterocycles. The Labute approximate surface area is 187 Å². The maximum absolute atomic E-state index is 13.6. The molecule has 0 saturated carbocycles. The number of nitrogens with zero attached hydrogens (tertiary/aromatic N) is 1. The number of fused-ring (bicyclic) bond motifs is 2. The minimum absolute atomic E-state index is 0.171. The molecule has 5 heteroatoms. The SMILES string of the molecule is Cc1ccc(S(=O)(=O)N2c3ccccc3SC2CCc2ccc3ccccc3c2)cc1. The molecule has 1 unspecified atom stereocenters. The maximum atomic E-state index is 13.6. The van der Waals surface area contributed by atoms with Gasteiger partial charge in [-0.15, -0.1) is 0 Å². The Bertz CT molecular complexity index is 1350. The van der Waals surface area contributed by atoms with Gasteiger partial charge in [0.05, 0.1) is 16.0 Å². The van der Waals surface area contributed by atoms with Crippen LogP contribution < -0.4 is 4.31 Å². The zero-order valence-electron chi connectivity index (χ0n) is 17.2. The van der Waals surface area contributed by atoms with Crippen molar-refractivity contribution in [2.45, 2.75) is 34.9 Å². The number of sulfonamides is 1. The number of aryl methyl sites for hydroxylation is 2. The Morgan fingerprint density at radius 3 is 2.35 bits per heavy atom. The molecule has 0 saturated heterocycles. The van der Waals surface area contributed by atoms with Crippen molar-refractivity contribution in [3.8, 4) is 0 Å². The first kappa shape index (κ1) is 20.2. The molecule has 0 amide bonds. The van der Waals surface area contributed by atoms with Gasteiger partial charge in [0.15, 0.2) is 0 Å². The van der Waals surface area contributed by atoms with E-state index in [2.05, 4.69) is 30.3 Å². The first-order valence-electron chi connectivity index (χ1n) is 10.4. The van der Waals surface area contributed by atoms with E-state index in [0.717, 1.165) is 29.0 Å². The molecular weight excluding hydrogens is 422 g/mol. The van der Waals surface area contributed by atoms with Gasteiger partial charge in [-0.3, -0.25) is 4.31 Å². The molecule has 4 aromatic rings. The molecule has 1 aliphatic rings. The molecule has 1 atom stereocenters. The summed E-state index contributed by atoms with van der Waals surface area (Å²) in [5.41, 5.74) is 3.04. The van der Waals surface area contributed by atoms with E-state index in [9.17, 15) is 8.42 Å². The predicted octanol–water partition coefficient (Wildman–Crippen LogP) is 6.41. The smallest absolute Gasteiger partial charge is 0.252 e. The summed E-state index contributed by atoms with van der Waals surface area (Å²) in [4.78, 5) is 1.35. The average Bonchev–Trinajstić information content (AvgIpc) is 3.17. The molecule has 1 heterocycles. The zero-order valence-corrected chi connectivity index (χ0v) is 18.9. The maximum Gasteiger partial charge on any atom is 0.265 e. The summed E-state index contributed by atoms with van der Waals surface area (Å²) < 4.78 is 28.9. The van der Waals surface area contributed by atoms with E-state index >= 15 is 0 Å². The lowest BCUT2D eigenvalue weighted by Gasteiger charge is -2.26. The first-order chi connectivity index (χ1) is 15.0. The van der Waals surface area contributed by atoms with Crippen molar-refractivity contribution < 1.29 is 8.42 Å². The number of hydrogen-bond acceptors (Lipinski definition) is 3. The average molecular weight is 446 g/mol. The summed E-state index contributed by atoms with van der Waals surface area (Å²) in [6, 6.07) is 29.7. The van der Waals surface area contributed by atoms with Gasteiger partial charge >= 0.3 is 0 Å². The topological polar surface area (TPSA) is 37.4 Å². The Morgan fingerprint density at radius 2 is 1.55 bits per heavy atom. The normalized spacial score (nSPS) is 15.9. The molecule has 156 valence electrons. The highest BCUT2D eigenvalue weighted by Gasteiger charge is 2.38. The van der Waals surface area contributed by atoms with E-state index in [1.165, 1.54) is 16.3 Å². The molecule has 0 spiro atoms. The lowest BCUT2D eigenvalue weighted by Crippen LogP contribution is -2.36. The van der Waals surface area contributed by atoms with Gasteiger partial charge in [-0.25, -0.2) is 8.42 Å². The Hall–Kier alpha value is -2.76. The lowest BCUT2D eigenvalue weighted by atomic mass is 10.0. The van der Waals surface area contributed by atoms with Crippen molar-refractivity contribution in [1.82, 2.24) is 0 Å². The van der Waals surface area contributed by atoms with Crippen LogP contribution in [0, 0.1) is 6.92 Å². The number of hydrogen-bond donors (Lipinski definition) is 0. The minimum Gasteiger partial charge on any atom is -0.252 e. The monoisotopic (exact) mass is 445 g/mol. The molecule has 0 fully saturated rings. The van der Waals surface area contributed by atoms with Crippen LogP contribution in [-0.2, 0) is 16.4 Å². The first-order valence-corrected chi connectivity index (χ1v) is 12.7. The summed E-state index contributed by atoms with van der Waals surface area (Å²) >= 11 is 1.64. The van der Waals surface area contributed by atoms with Crippen molar-refractivity contribution in [1.29, 1.82) is 0 Å². The molecule has 4 aromatic carbocycles. The van der Waals surface area contributed by atoms with Gasteiger partial charge in [-0.2, -0.15) is 0 Å². The third-order valence-electron chi connectivity index (χ3n) is 5.70. The largest absolute Gasteiger partial charge is 0.265 e. The molecule has 31 heavy (non-hydrogen) atoms. The third kappa shape index (κ3) is 3.84. The molecule has 3 nitrogen and oxygen atoms in total. The minimum atomic E-state index is -3.64. The molecule has 0 N–H and O–H groups in total. The second kappa shape index (κ2) is 8.06. The van der Waals surface area contributed by atoms with Crippen LogP contribution in [-0.4, -0.2) is 13.8 Å². The van der Waals surface area contributed by atoms with Crippen LogP contribution >= 0.6 is 11.8 Å². The van der Waals surface area contributed by atoms with Crippen LogP contribution in [0.25, 0.3) is 10.8 Å². The molecule has 5 rings (SSSR count). The van der Waals surface area contributed by atoms with Gasteiger partial charge in [0.2, 0.25) is 0 Å². The van der Waals surface area contributed by atoms with Crippen LogP contribution in [0.3, 0.4) is 0 Å². The molecule has 0 aromatic heterocycles. The van der Waals surface area contributed by atoms with Crippen LogP contribution in [0.15, 0.2) is 101 Å². The second-order valence-electron chi connectivity index (χ2n) is 7.87. The highest BCUT2D eigenvalue weighted by atomic mass is 32.2. The lowest BCUT2D eigenvalue weighted by molar-refractivity contribution is 0.587. The number of anilines is 1. The van der Waals surface area contributed by atoms with E-state index in [4.69, 9.17) is 0 Å². The van der Waals surface area contributed by atoms with Crippen LogP contribution in [0.1, 0.15) is 17.5 Å². The van der Waals surface area contributed by atoms with Crippen molar-refractivity contribution in [3.63, 3.8) is 0 Å². The Balaban J connectivity index is 1.46. The van der Waals surface area contributed by atoms with Crippen molar-refractivity contribution in [3.05, 3.63) is 102 Å². The molecular formula is C26H23NO2S2. The predicted molar refractivity (Wildman–Crippen MR) is 129 cm³/mol. The quantitative estimate of drug-likeness (QED) is 0.356. The third-order valence-corrected chi connectivity index (χ3v) is 8.99. The summed E-state index contributed by atoms with van der Waals surface area (Å²) in [5, 5.41) is 2.26. The molecule has 0 aliphatic carbocycles. The van der Waals surface area contributed by atoms with Crippen LogP contribution in [0.5, 0.6) is 0 Å². The fraction of sp³-hybridized carbons (Fsp3) is 0.154. The van der Waals surface area contributed by atoms with E-state index in [0.29, 0.717) is 4.90 Å². The number of thioether (sulfide) groups is 1. The summed E-state index contributed by atoms with van der Waals surface area (Å²) in [7, 11) is -3.64. The van der Waals surface area contributed by atoms with Gasteiger partial charge in [0.1, 0.15) is 0 Å². The zero-order chi connectivity index (χ0) is 21.4. The fourth-order valence-electron chi connectivity index (χ4n) is 4.06. The van der Waals surface area contributed by atoms with Gasteiger partial charge in [-0.05, 0) is 60.4 Å². The van der Waals surface area contributed by atoms with Crippen LogP contribution in [0.2, 0.25) is 0 Å². The Morgan fingerprint density at radius 1 is 0.839 bits per heavy atom. The fourth-order valence-corrected chi connectivity index (χ4v) is 7.31. The van der Waals surface area contributed by atoms with E-state index in [1.54, 1.807) is 28.2 Å². The highest BCUT2D eigenvalue weighted by Crippen LogP contribution is 2.47. The van der Waals surface area contributed by atoms with Crippen molar-refractivity contribution >= 4 is 38.2 Å². The number of para-hydroxylation sites is 1. The standard InChI is InChI=1S/C26H23NO2S2/c1-19-10-15-23(16-11-19)31(28,29)27-24-8-4-5-9-25(24)30-26(27)17-13-20-12-14-21-6-2-3-7-22(21)18-20/h2-12,14-16,18,26H,13,17H2,1H3. The van der Waals surface area contributed by atoms with E-state index in [-0.39, 0.29) is 5.37 Å². The Kier molecular flexibility index (Phi) is 5.24. The van der Waals surface area contributed by atoms with Crippen molar-refractivity contribution in [2.24, 2.45) is 0 Å². The van der Waals surface area contributed by atoms with Gasteiger partial charge in [-0.1, -0.05) is 84.1 Å². The van der Waals surface area contributed by atoms with E-state index in [1.807, 2.05) is 55.5 Å². The highest BCUT2D eigenvalue weighted by molar-refractivity contribution is 8.02. The van der Waals surface area contributed by atoms with E-state index < -0.39 is 10.0 Å². The van der Waals surface area contributed by atoms with Crippen LogP contribution in [0.4, 0.5) is 5.69 Å². The molecule has 0 radical (unpaired) electrons. The second-order valence-corrected chi connectivity index (χ2v) is 10.9. The number of benzene rings is 4.